The molecule has 1 unspecified atom stereocenters. The van der Waals surface area contributed by atoms with Gasteiger partial charge in [0.15, 0.2) is 0 Å². The summed E-state index contributed by atoms with van der Waals surface area (Å²) in [5, 5.41) is 16.4. The second-order valence-corrected chi connectivity index (χ2v) is 6.15. The fourth-order valence-corrected chi connectivity index (χ4v) is 2.81. The number of nitrogens with zero attached hydrogens (tertiary/aromatic N) is 2. The van der Waals surface area contributed by atoms with Crippen LogP contribution in [0.2, 0.25) is 0 Å². The van der Waals surface area contributed by atoms with Gasteiger partial charge in [0.1, 0.15) is 6.04 Å². The van der Waals surface area contributed by atoms with Gasteiger partial charge in [-0.1, -0.05) is 6.92 Å². The number of rotatable bonds is 5. The third kappa shape index (κ3) is 3.43. The van der Waals surface area contributed by atoms with Crippen LogP contribution in [0.3, 0.4) is 0 Å². The Morgan fingerprint density at radius 1 is 1.48 bits per heavy atom. The van der Waals surface area contributed by atoms with Gasteiger partial charge < -0.3 is 10.4 Å². The summed E-state index contributed by atoms with van der Waals surface area (Å²) in [7, 11) is 0. The van der Waals surface area contributed by atoms with Gasteiger partial charge in [0.05, 0.1) is 5.41 Å². The number of carbonyl (C=O) groups is 2. The molecule has 1 heterocycles. The minimum absolute atomic E-state index is 0.194. The van der Waals surface area contributed by atoms with Crippen LogP contribution < -0.4 is 5.32 Å². The summed E-state index contributed by atoms with van der Waals surface area (Å²) in [4.78, 5) is 23.8. The zero-order valence-electron chi connectivity index (χ0n) is 12.6. The molecule has 0 aromatic carbocycles. The third-order valence-corrected chi connectivity index (χ3v) is 4.59. The molecule has 1 aromatic heterocycles. The number of aliphatic carboxylic acids is 1. The van der Waals surface area contributed by atoms with Crippen LogP contribution in [0.4, 0.5) is 0 Å². The summed E-state index contributed by atoms with van der Waals surface area (Å²) in [5.74, 6) is -0.435. The maximum atomic E-state index is 12.1. The van der Waals surface area contributed by atoms with Crippen molar-refractivity contribution in [3.63, 3.8) is 0 Å². The average molecular weight is 293 g/mol. The Labute approximate surface area is 124 Å². The van der Waals surface area contributed by atoms with Crippen molar-refractivity contribution in [3.8, 4) is 0 Å². The number of carboxylic acid groups (broad SMARTS) is 1. The van der Waals surface area contributed by atoms with Gasteiger partial charge in [-0.2, -0.15) is 5.10 Å². The quantitative estimate of drug-likeness (QED) is 0.867. The summed E-state index contributed by atoms with van der Waals surface area (Å²) < 4.78 is 1.56. The van der Waals surface area contributed by atoms with Gasteiger partial charge in [0.25, 0.3) is 0 Å². The lowest BCUT2D eigenvalue weighted by molar-refractivity contribution is -0.151. The van der Waals surface area contributed by atoms with Crippen LogP contribution in [0, 0.1) is 11.3 Å². The summed E-state index contributed by atoms with van der Waals surface area (Å²) in [5.41, 5.74) is -0.813. The molecular weight excluding hydrogens is 270 g/mol. The van der Waals surface area contributed by atoms with E-state index >= 15 is 0 Å². The summed E-state index contributed by atoms with van der Waals surface area (Å²) >= 11 is 0. The topological polar surface area (TPSA) is 84.2 Å². The summed E-state index contributed by atoms with van der Waals surface area (Å²) in [6.07, 6.45) is 6.39. The molecule has 1 fully saturated rings. The Bertz CT molecular complexity index is 490. The van der Waals surface area contributed by atoms with Gasteiger partial charge in [0, 0.05) is 18.9 Å². The molecule has 2 N–H and O–H groups in total. The molecule has 6 nitrogen and oxygen atoms in total. The standard InChI is InChI=1S/C15H23N3O3/c1-11-4-6-15(7-5-11,14(20)21)10-16-13(19)12(2)18-9-3-8-17-18/h3,8-9,11-12H,4-7,10H2,1-2H3,(H,16,19)(H,20,21). The van der Waals surface area contributed by atoms with Gasteiger partial charge in [-0.3, -0.25) is 14.3 Å². The predicted molar refractivity (Wildman–Crippen MR) is 77.6 cm³/mol. The predicted octanol–water partition coefficient (Wildman–Crippen LogP) is 1.84. The first-order valence-electron chi connectivity index (χ1n) is 7.45. The van der Waals surface area contributed by atoms with Crippen molar-refractivity contribution in [3.05, 3.63) is 18.5 Å². The molecule has 21 heavy (non-hydrogen) atoms. The Balaban J connectivity index is 1.96. The number of carbonyl (C=O) groups excluding carboxylic acids is 1. The molecule has 0 saturated heterocycles. The van der Waals surface area contributed by atoms with Crippen molar-refractivity contribution < 1.29 is 14.7 Å². The molecule has 0 radical (unpaired) electrons. The number of hydrogen-bond acceptors (Lipinski definition) is 3. The minimum atomic E-state index is -0.813. The molecule has 1 aliphatic carbocycles. The van der Waals surface area contributed by atoms with Crippen LogP contribution >= 0.6 is 0 Å². The molecule has 0 bridgehead atoms. The van der Waals surface area contributed by atoms with Crippen LogP contribution in [-0.4, -0.2) is 33.3 Å². The molecule has 1 atom stereocenters. The maximum Gasteiger partial charge on any atom is 0.311 e. The highest BCUT2D eigenvalue weighted by atomic mass is 16.4. The SMILES string of the molecule is CC1CCC(CNC(=O)C(C)n2cccn2)(C(=O)O)CC1. The highest BCUT2D eigenvalue weighted by molar-refractivity contribution is 5.81. The zero-order valence-corrected chi connectivity index (χ0v) is 12.6. The number of carboxylic acids is 1. The van der Waals surface area contributed by atoms with E-state index in [1.54, 1.807) is 30.1 Å². The lowest BCUT2D eigenvalue weighted by atomic mass is 9.71. The van der Waals surface area contributed by atoms with Crippen LogP contribution in [0.25, 0.3) is 0 Å². The van der Waals surface area contributed by atoms with Gasteiger partial charge in [0.2, 0.25) is 5.91 Å². The molecule has 6 heteroatoms. The van der Waals surface area contributed by atoms with E-state index in [0.29, 0.717) is 18.8 Å². The number of hydrogen-bond donors (Lipinski definition) is 2. The fraction of sp³-hybridized carbons (Fsp3) is 0.667. The summed E-state index contributed by atoms with van der Waals surface area (Å²) in [6.45, 7) is 4.09. The Hall–Kier alpha value is -1.85. The second-order valence-electron chi connectivity index (χ2n) is 6.15. The van der Waals surface area contributed by atoms with E-state index in [4.69, 9.17) is 0 Å². The van der Waals surface area contributed by atoms with Gasteiger partial charge in [-0.05, 0) is 44.6 Å². The lowest BCUT2D eigenvalue weighted by Crippen LogP contribution is -2.46. The average Bonchev–Trinajstić information content (AvgIpc) is 2.99. The molecule has 0 aliphatic heterocycles. The third-order valence-electron chi connectivity index (χ3n) is 4.59. The number of amides is 1. The molecule has 1 aromatic rings. The van der Waals surface area contributed by atoms with Gasteiger partial charge >= 0.3 is 5.97 Å². The van der Waals surface area contributed by atoms with E-state index < -0.39 is 17.4 Å². The Morgan fingerprint density at radius 3 is 2.67 bits per heavy atom. The van der Waals surface area contributed by atoms with Crippen molar-refractivity contribution >= 4 is 11.9 Å². The smallest absolute Gasteiger partial charge is 0.311 e. The molecule has 0 spiro atoms. The fourth-order valence-electron chi connectivity index (χ4n) is 2.81. The van der Waals surface area contributed by atoms with Crippen molar-refractivity contribution in [2.45, 2.75) is 45.6 Å². The van der Waals surface area contributed by atoms with E-state index in [2.05, 4.69) is 17.3 Å². The zero-order chi connectivity index (χ0) is 15.5. The molecule has 1 aliphatic rings. The van der Waals surface area contributed by atoms with E-state index in [1.807, 2.05) is 0 Å². The first-order chi connectivity index (χ1) is 9.94. The van der Waals surface area contributed by atoms with E-state index in [9.17, 15) is 14.7 Å². The number of nitrogens with one attached hydrogen (secondary N) is 1. The maximum absolute atomic E-state index is 12.1. The minimum Gasteiger partial charge on any atom is -0.481 e. The molecule has 1 saturated carbocycles. The van der Waals surface area contributed by atoms with Crippen LogP contribution in [0.5, 0.6) is 0 Å². The molecular formula is C15H23N3O3. The van der Waals surface area contributed by atoms with Crippen LogP contribution in [-0.2, 0) is 9.59 Å². The molecule has 1 amide bonds. The highest BCUT2D eigenvalue weighted by Crippen LogP contribution is 2.38. The van der Waals surface area contributed by atoms with E-state index in [1.165, 1.54) is 0 Å². The van der Waals surface area contributed by atoms with Crippen molar-refractivity contribution in [1.82, 2.24) is 15.1 Å². The van der Waals surface area contributed by atoms with Gasteiger partial charge in [-0.15, -0.1) is 0 Å². The first kappa shape index (κ1) is 15.5. The second kappa shape index (κ2) is 6.28. The summed E-state index contributed by atoms with van der Waals surface area (Å²) in [6, 6.07) is 1.32. The normalized spacial score (nSPS) is 27.0. The highest BCUT2D eigenvalue weighted by Gasteiger charge is 2.41. The van der Waals surface area contributed by atoms with Crippen molar-refractivity contribution in [2.75, 3.05) is 6.54 Å². The monoisotopic (exact) mass is 293 g/mol. The van der Waals surface area contributed by atoms with E-state index in [-0.39, 0.29) is 12.5 Å². The van der Waals surface area contributed by atoms with Gasteiger partial charge in [-0.25, -0.2) is 0 Å². The Morgan fingerprint density at radius 2 is 2.14 bits per heavy atom. The largest absolute Gasteiger partial charge is 0.481 e. The number of aromatic nitrogens is 2. The Kier molecular flexibility index (Phi) is 4.65. The van der Waals surface area contributed by atoms with Crippen molar-refractivity contribution in [1.29, 1.82) is 0 Å². The van der Waals surface area contributed by atoms with Crippen LogP contribution in [0.15, 0.2) is 18.5 Å². The molecule has 2 rings (SSSR count). The van der Waals surface area contributed by atoms with Crippen molar-refractivity contribution in [2.24, 2.45) is 11.3 Å². The van der Waals surface area contributed by atoms with E-state index in [0.717, 1.165) is 12.8 Å². The molecule has 116 valence electrons. The van der Waals surface area contributed by atoms with Crippen LogP contribution in [0.1, 0.15) is 45.6 Å². The lowest BCUT2D eigenvalue weighted by Gasteiger charge is -2.36. The first-order valence-corrected chi connectivity index (χ1v) is 7.45.